The Morgan fingerprint density at radius 2 is 2.08 bits per heavy atom. The Labute approximate surface area is 139 Å². The maximum absolute atomic E-state index is 12.4. The van der Waals surface area contributed by atoms with Gasteiger partial charge in [0.2, 0.25) is 0 Å². The van der Waals surface area contributed by atoms with Crippen LogP contribution >= 0.6 is 0 Å². The summed E-state index contributed by atoms with van der Waals surface area (Å²) in [7, 11) is 0. The van der Waals surface area contributed by atoms with Crippen molar-refractivity contribution in [2.45, 2.75) is 20.5 Å². The van der Waals surface area contributed by atoms with E-state index in [0.717, 1.165) is 11.3 Å². The normalized spacial score (nSPS) is 10.4. The van der Waals surface area contributed by atoms with Crippen LogP contribution in [0.5, 0.6) is 5.75 Å². The van der Waals surface area contributed by atoms with Crippen molar-refractivity contribution >= 4 is 11.7 Å². The molecule has 6 heteroatoms. The first-order valence-electron chi connectivity index (χ1n) is 7.50. The van der Waals surface area contributed by atoms with E-state index in [2.05, 4.69) is 15.5 Å². The fourth-order valence-corrected chi connectivity index (χ4v) is 2.21. The molecule has 122 valence electrons. The fraction of sp³-hybridized carbons (Fsp3) is 0.167. The first-order valence-corrected chi connectivity index (χ1v) is 7.50. The Balaban J connectivity index is 1.74. The third-order valence-corrected chi connectivity index (χ3v) is 3.48. The number of aryl methyl sites for hydroxylation is 2. The molecule has 3 rings (SSSR count). The molecule has 2 aromatic heterocycles. The number of pyridine rings is 1. The van der Waals surface area contributed by atoms with E-state index in [9.17, 15) is 4.79 Å². The summed E-state index contributed by atoms with van der Waals surface area (Å²) in [5.74, 6) is 1.35. The number of ether oxygens (including phenoxy) is 1. The third-order valence-electron chi connectivity index (χ3n) is 3.48. The minimum Gasteiger partial charge on any atom is -0.489 e. The zero-order valence-corrected chi connectivity index (χ0v) is 13.4. The molecular formula is C18H17N3O3. The second-order valence-corrected chi connectivity index (χ2v) is 5.34. The molecule has 0 saturated carbocycles. The lowest BCUT2D eigenvalue weighted by atomic mass is 10.2. The Kier molecular flexibility index (Phi) is 4.56. The lowest BCUT2D eigenvalue weighted by Gasteiger charge is -2.07. The summed E-state index contributed by atoms with van der Waals surface area (Å²) in [4.78, 5) is 16.4. The smallest absolute Gasteiger partial charge is 0.279 e. The fourth-order valence-electron chi connectivity index (χ4n) is 2.21. The van der Waals surface area contributed by atoms with Crippen LogP contribution in [-0.2, 0) is 6.61 Å². The van der Waals surface area contributed by atoms with Gasteiger partial charge in [0.25, 0.3) is 5.91 Å². The van der Waals surface area contributed by atoms with Crippen LogP contribution in [0.2, 0.25) is 0 Å². The number of nitrogens with zero attached hydrogens (tertiary/aromatic N) is 2. The lowest BCUT2D eigenvalue weighted by Crippen LogP contribution is -2.16. The van der Waals surface area contributed by atoms with Gasteiger partial charge in [0.1, 0.15) is 23.9 Å². The van der Waals surface area contributed by atoms with Crippen LogP contribution in [-0.4, -0.2) is 16.0 Å². The van der Waals surface area contributed by atoms with E-state index in [4.69, 9.17) is 9.26 Å². The minimum atomic E-state index is -0.381. The molecule has 0 saturated heterocycles. The van der Waals surface area contributed by atoms with Crippen molar-refractivity contribution in [3.63, 3.8) is 0 Å². The van der Waals surface area contributed by atoms with Gasteiger partial charge in [-0.2, -0.15) is 0 Å². The predicted octanol–water partition coefficient (Wildman–Crippen LogP) is 3.52. The quantitative estimate of drug-likeness (QED) is 0.777. The van der Waals surface area contributed by atoms with Crippen LogP contribution in [0.3, 0.4) is 0 Å². The summed E-state index contributed by atoms with van der Waals surface area (Å²) < 4.78 is 10.9. The average molecular weight is 323 g/mol. The summed E-state index contributed by atoms with van der Waals surface area (Å²) in [6.07, 6.45) is 1.60. The number of nitrogens with one attached hydrogen (secondary N) is 1. The molecule has 0 aliphatic carbocycles. The number of hydrogen-bond donors (Lipinski definition) is 1. The number of carbonyl (C=O) groups excluding carboxylic acids is 1. The Morgan fingerprint density at radius 3 is 2.83 bits per heavy atom. The van der Waals surface area contributed by atoms with E-state index in [0.29, 0.717) is 17.1 Å². The van der Waals surface area contributed by atoms with Crippen LogP contribution in [0.4, 0.5) is 5.82 Å². The largest absolute Gasteiger partial charge is 0.489 e. The van der Waals surface area contributed by atoms with Crippen LogP contribution in [0.1, 0.15) is 27.4 Å². The first-order chi connectivity index (χ1) is 11.6. The van der Waals surface area contributed by atoms with Gasteiger partial charge in [-0.1, -0.05) is 23.4 Å². The van der Waals surface area contributed by atoms with Gasteiger partial charge in [-0.05, 0) is 43.7 Å². The molecule has 24 heavy (non-hydrogen) atoms. The van der Waals surface area contributed by atoms with Gasteiger partial charge in [0.15, 0.2) is 5.69 Å². The Hall–Kier alpha value is -3.15. The highest BCUT2D eigenvalue weighted by Crippen LogP contribution is 2.19. The number of rotatable bonds is 5. The van der Waals surface area contributed by atoms with Crippen LogP contribution in [0, 0.1) is 13.8 Å². The van der Waals surface area contributed by atoms with Crippen molar-refractivity contribution in [3.8, 4) is 5.75 Å². The molecule has 6 nitrogen and oxygen atoms in total. The van der Waals surface area contributed by atoms with Crippen molar-refractivity contribution in [2.24, 2.45) is 0 Å². The van der Waals surface area contributed by atoms with E-state index in [1.807, 2.05) is 31.2 Å². The van der Waals surface area contributed by atoms with Crippen LogP contribution < -0.4 is 10.1 Å². The lowest BCUT2D eigenvalue weighted by molar-refractivity contribution is 0.101. The number of aromatic nitrogens is 2. The summed E-state index contributed by atoms with van der Waals surface area (Å²) in [6, 6.07) is 13.0. The molecule has 1 amide bonds. The highest BCUT2D eigenvalue weighted by Gasteiger charge is 2.20. The number of amides is 1. The van der Waals surface area contributed by atoms with Crippen molar-refractivity contribution in [3.05, 3.63) is 71.2 Å². The van der Waals surface area contributed by atoms with Gasteiger partial charge in [-0.15, -0.1) is 0 Å². The highest BCUT2D eigenvalue weighted by atomic mass is 16.5. The maximum Gasteiger partial charge on any atom is 0.279 e. The summed E-state index contributed by atoms with van der Waals surface area (Å²) in [5.41, 5.74) is 1.92. The van der Waals surface area contributed by atoms with Crippen molar-refractivity contribution in [1.82, 2.24) is 10.1 Å². The molecule has 0 bridgehead atoms. The molecule has 0 unspecified atom stereocenters. The second-order valence-electron chi connectivity index (χ2n) is 5.34. The Bertz CT molecular complexity index is 844. The minimum absolute atomic E-state index is 0.198. The Morgan fingerprint density at radius 1 is 1.21 bits per heavy atom. The number of anilines is 1. The van der Waals surface area contributed by atoms with Gasteiger partial charge < -0.3 is 14.6 Å². The summed E-state index contributed by atoms with van der Waals surface area (Å²) in [6.45, 7) is 3.94. The standard InChI is InChI=1S/C18H17N3O3/c1-12-6-5-7-14(10-12)23-11-15-13(2)24-21-17(15)18(22)20-16-8-3-4-9-19-16/h3-10H,11H2,1-2H3,(H,19,20,22). The first kappa shape index (κ1) is 15.7. The van der Waals surface area contributed by atoms with E-state index in [1.165, 1.54) is 0 Å². The van der Waals surface area contributed by atoms with Gasteiger partial charge in [-0.25, -0.2) is 4.98 Å². The molecule has 0 aliphatic heterocycles. The average Bonchev–Trinajstić information content (AvgIpc) is 2.95. The molecule has 0 atom stereocenters. The van der Waals surface area contributed by atoms with Gasteiger partial charge in [0, 0.05) is 6.20 Å². The molecule has 0 aliphatic rings. The summed E-state index contributed by atoms with van der Waals surface area (Å²) >= 11 is 0. The van der Waals surface area contributed by atoms with Crippen molar-refractivity contribution in [1.29, 1.82) is 0 Å². The summed E-state index contributed by atoms with van der Waals surface area (Å²) in [5, 5.41) is 6.54. The molecule has 1 aromatic carbocycles. The molecular weight excluding hydrogens is 306 g/mol. The van der Waals surface area contributed by atoms with Crippen molar-refractivity contribution in [2.75, 3.05) is 5.32 Å². The van der Waals surface area contributed by atoms with Crippen molar-refractivity contribution < 1.29 is 14.1 Å². The molecule has 0 radical (unpaired) electrons. The SMILES string of the molecule is Cc1cccc(OCc2c(C(=O)Nc3ccccn3)noc2C)c1. The molecule has 3 aromatic rings. The molecule has 2 heterocycles. The monoisotopic (exact) mass is 323 g/mol. The maximum atomic E-state index is 12.4. The predicted molar refractivity (Wildman–Crippen MR) is 88.9 cm³/mol. The third kappa shape index (κ3) is 3.60. The van der Waals surface area contributed by atoms with Gasteiger partial charge in [-0.3, -0.25) is 4.79 Å². The van der Waals surface area contributed by atoms with E-state index >= 15 is 0 Å². The van der Waals surface area contributed by atoms with E-state index in [-0.39, 0.29) is 18.2 Å². The van der Waals surface area contributed by atoms with Gasteiger partial charge in [0.05, 0.1) is 5.56 Å². The second kappa shape index (κ2) is 6.95. The van der Waals surface area contributed by atoms with Crippen LogP contribution in [0.25, 0.3) is 0 Å². The topological polar surface area (TPSA) is 77.2 Å². The van der Waals surface area contributed by atoms with Gasteiger partial charge >= 0.3 is 0 Å². The number of benzene rings is 1. The number of carbonyl (C=O) groups is 1. The molecule has 0 fully saturated rings. The highest BCUT2D eigenvalue weighted by molar-refractivity contribution is 6.03. The van der Waals surface area contributed by atoms with E-state index < -0.39 is 0 Å². The zero-order valence-electron chi connectivity index (χ0n) is 13.4. The molecule has 1 N–H and O–H groups in total. The van der Waals surface area contributed by atoms with Crippen LogP contribution in [0.15, 0.2) is 53.2 Å². The zero-order chi connectivity index (χ0) is 16.9. The molecule has 0 spiro atoms. The number of hydrogen-bond acceptors (Lipinski definition) is 5. The van der Waals surface area contributed by atoms with E-state index in [1.54, 1.807) is 31.3 Å².